The second-order valence-corrected chi connectivity index (χ2v) is 6.67. The van der Waals surface area contributed by atoms with Crippen molar-refractivity contribution in [2.75, 3.05) is 14.2 Å². The Balaban J connectivity index is 2.53. The van der Waals surface area contributed by atoms with Gasteiger partial charge in [-0.1, -0.05) is 26.7 Å². The lowest BCUT2D eigenvalue weighted by Crippen LogP contribution is -2.13. The van der Waals surface area contributed by atoms with Crippen LogP contribution in [0.25, 0.3) is 0 Å². The van der Waals surface area contributed by atoms with Crippen molar-refractivity contribution in [1.82, 2.24) is 0 Å². The average Bonchev–Trinajstić information content (AvgIpc) is 2.71. The van der Waals surface area contributed by atoms with Gasteiger partial charge in [0.2, 0.25) is 5.75 Å². The van der Waals surface area contributed by atoms with E-state index in [0.29, 0.717) is 42.6 Å². The van der Waals surface area contributed by atoms with Gasteiger partial charge < -0.3 is 29.5 Å². The molecule has 0 atom stereocenters. The lowest BCUT2D eigenvalue weighted by Gasteiger charge is -2.16. The highest BCUT2D eigenvalue weighted by Crippen LogP contribution is 2.42. The molecule has 0 saturated carbocycles. The number of aryl methyl sites for hydroxylation is 2. The Bertz CT molecular complexity index is 949. The molecule has 0 unspecified atom stereocenters. The number of rotatable bonds is 8. The van der Waals surface area contributed by atoms with Crippen LogP contribution >= 0.6 is 0 Å². The molecule has 0 aliphatic rings. The van der Waals surface area contributed by atoms with E-state index in [1.807, 2.05) is 13.8 Å². The number of aromatic hydroxyl groups is 3. The molecule has 0 aliphatic heterocycles. The van der Waals surface area contributed by atoms with E-state index in [1.165, 1.54) is 19.2 Å². The first-order valence-corrected chi connectivity index (χ1v) is 9.57. The van der Waals surface area contributed by atoms with Crippen molar-refractivity contribution in [3.63, 3.8) is 0 Å². The normalized spacial score (nSPS) is 10.5. The van der Waals surface area contributed by atoms with Crippen molar-refractivity contribution in [2.45, 2.75) is 39.5 Å². The van der Waals surface area contributed by atoms with E-state index in [1.54, 1.807) is 6.07 Å². The Hall–Kier alpha value is -3.42. The standard InChI is InChI=1S/C22H26O8/c1-5-7-12-9-14(28-3)11-15(23)17(12)22(27)30-16-10-13(8-6-2)18(21(26)29-4)20(25)19(16)24/h9-11,23-25H,5-8H2,1-4H3. The van der Waals surface area contributed by atoms with Crippen LogP contribution < -0.4 is 9.47 Å². The van der Waals surface area contributed by atoms with Crippen molar-refractivity contribution in [1.29, 1.82) is 0 Å². The summed E-state index contributed by atoms with van der Waals surface area (Å²) in [4.78, 5) is 24.8. The van der Waals surface area contributed by atoms with Crippen LogP contribution in [0.2, 0.25) is 0 Å². The van der Waals surface area contributed by atoms with Gasteiger partial charge in [0.15, 0.2) is 11.5 Å². The molecule has 2 aromatic carbocycles. The molecule has 0 fully saturated rings. The molecule has 3 N–H and O–H groups in total. The Kier molecular flexibility index (Phi) is 7.52. The predicted molar refractivity (Wildman–Crippen MR) is 109 cm³/mol. The highest BCUT2D eigenvalue weighted by molar-refractivity contribution is 5.98. The van der Waals surface area contributed by atoms with Gasteiger partial charge in [0.1, 0.15) is 22.6 Å². The summed E-state index contributed by atoms with van der Waals surface area (Å²) >= 11 is 0. The van der Waals surface area contributed by atoms with Gasteiger partial charge >= 0.3 is 11.9 Å². The fourth-order valence-corrected chi connectivity index (χ4v) is 3.19. The van der Waals surface area contributed by atoms with Gasteiger partial charge in [-0.3, -0.25) is 0 Å². The quantitative estimate of drug-likeness (QED) is 0.337. The zero-order valence-electron chi connectivity index (χ0n) is 17.4. The van der Waals surface area contributed by atoms with E-state index < -0.39 is 23.4 Å². The van der Waals surface area contributed by atoms with Crippen LogP contribution in [0.1, 0.15) is 58.5 Å². The zero-order chi connectivity index (χ0) is 22.4. The SMILES string of the molecule is CCCc1cc(OC)cc(O)c1C(=O)Oc1cc(CCC)c(C(=O)OC)c(O)c1O. The molecule has 0 amide bonds. The third-order valence-corrected chi connectivity index (χ3v) is 4.56. The lowest BCUT2D eigenvalue weighted by atomic mass is 10.00. The first-order valence-electron chi connectivity index (χ1n) is 9.57. The Morgan fingerprint density at radius 3 is 1.97 bits per heavy atom. The van der Waals surface area contributed by atoms with E-state index in [4.69, 9.17) is 9.47 Å². The molecule has 0 aromatic heterocycles. The third-order valence-electron chi connectivity index (χ3n) is 4.56. The first kappa shape index (κ1) is 22.9. The smallest absolute Gasteiger partial charge is 0.347 e. The summed E-state index contributed by atoms with van der Waals surface area (Å²) in [6, 6.07) is 4.22. The Labute approximate surface area is 174 Å². The van der Waals surface area contributed by atoms with Crippen molar-refractivity contribution in [3.05, 3.63) is 40.5 Å². The van der Waals surface area contributed by atoms with Gasteiger partial charge in [-0.15, -0.1) is 0 Å². The van der Waals surface area contributed by atoms with E-state index >= 15 is 0 Å². The molecule has 8 nitrogen and oxygen atoms in total. The molecule has 0 spiro atoms. The van der Waals surface area contributed by atoms with Gasteiger partial charge in [-0.25, -0.2) is 9.59 Å². The molecule has 2 aromatic rings. The summed E-state index contributed by atoms with van der Waals surface area (Å²) in [5, 5.41) is 31.0. The van der Waals surface area contributed by atoms with Crippen molar-refractivity contribution >= 4 is 11.9 Å². The van der Waals surface area contributed by atoms with Crippen molar-refractivity contribution < 1.29 is 39.1 Å². The van der Waals surface area contributed by atoms with E-state index in [2.05, 4.69) is 4.74 Å². The van der Waals surface area contributed by atoms with Crippen LogP contribution in [-0.2, 0) is 17.6 Å². The molecule has 30 heavy (non-hydrogen) atoms. The number of hydrogen-bond donors (Lipinski definition) is 3. The average molecular weight is 418 g/mol. The fraction of sp³-hybridized carbons (Fsp3) is 0.364. The minimum Gasteiger partial charge on any atom is -0.507 e. The number of phenols is 3. The predicted octanol–water partition coefficient (Wildman–Crippen LogP) is 3.72. The van der Waals surface area contributed by atoms with Gasteiger partial charge in [-0.2, -0.15) is 0 Å². The second-order valence-electron chi connectivity index (χ2n) is 6.67. The summed E-state index contributed by atoms with van der Waals surface area (Å²) in [6.07, 6.45) is 2.18. The van der Waals surface area contributed by atoms with Crippen LogP contribution in [0.4, 0.5) is 0 Å². The van der Waals surface area contributed by atoms with Gasteiger partial charge in [0, 0.05) is 6.07 Å². The minimum atomic E-state index is -0.915. The number of carbonyl (C=O) groups is 2. The van der Waals surface area contributed by atoms with Gasteiger partial charge in [-0.05, 0) is 36.1 Å². The molecular formula is C22H26O8. The maximum absolute atomic E-state index is 12.8. The largest absolute Gasteiger partial charge is 0.507 e. The molecular weight excluding hydrogens is 392 g/mol. The van der Waals surface area contributed by atoms with E-state index in [9.17, 15) is 24.9 Å². The van der Waals surface area contributed by atoms with Crippen LogP contribution in [0, 0.1) is 0 Å². The monoisotopic (exact) mass is 418 g/mol. The van der Waals surface area contributed by atoms with Crippen LogP contribution in [0.3, 0.4) is 0 Å². The zero-order valence-corrected chi connectivity index (χ0v) is 17.4. The second kappa shape index (κ2) is 9.87. The number of ether oxygens (including phenoxy) is 3. The molecule has 2 rings (SSSR count). The summed E-state index contributed by atoms with van der Waals surface area (Å²) in [7, 11) is 2.60. The number of methoxy groups -OCH3 is 2. The molecule has 0 saturated heterocycles. The Morgan fingerprint density at radius 1 is 0.833 bits per heavy atom. The molecule has 0 radical (unpaired) electrons. The number of benzene rings is 2. The topological polar surface area (TPSA) is 123 Å². The van der Waals surface area contributed by atoms with E-state index in [0.717, 1.165) is 7.11 Å². The highest BCUT2D eigenvalue weighted by atomic mass is 16.5. The van der Waals surface area contributed by atoms with Crippen LogP contribution in [0.5, 0.6) is 28.7 Å². The number of esters is 2. The molecule has 0 aliphatic carbocycles. The van der Waals surface area contributed by atoms with Crippen molar-refractivity contribution in [2.24, 2.45) is 0 Å². The fourth-order valence-electron chi connectivity index (χ4n) is 3.19. The van der Waals surface area contributed by atoms with Crippen LogP contribution in [-0.4, -0.2) is 41.5 Å². The highest BCUT2D eigenvalue weighted by Gasteiger charge is 2.27. The summed E-state index contributed by atoms with van der Waals surface area (Å²) in [6.45, 7) is 3.78. The molecule has 162 valence electrons. The van der Waals surface area contributed by atoms with Crippen LogP contribution in [0.15, 0.2) is 18.2 Å². The number of hydrogen-bond acceptors (Lipinski definition) is 8. The molecule has 0 bridgehead atoms. The molecule has 8 heteroatoms. The van der Waals surface area contributed by atoms with Gasteiger partial charge in [0.05, 0.1) is 14.2 Å². The summed E-state index contributed by atoms with van der Waals surface area (Å²) in [5.74, 6) is -3.50. The maximum atomic E-state index is 12.8. The summed E-state index contributed by atoms with van der Waals surface area (Å²) in [5.41, 5.74) is 0.624. The lowest BCUT2D eigenvalue weighted by molar-refractivity contribution is 0.0595. The molecule has 0 heterocycles. The Morgan fingerprint density at radius 2 is 1.43 bits per heavy atom. The van der Waals surface area contributed by atoms with E-state index in [-0.39, 0.29) is 22.6 Å². The first-order chi connectivity index (χ1) is 14.3. The number of phenolic OH excluding ortho intramolecular Hbond substituents is 3. The minimum absolute atomic E-state index is 0.0642. The van der Waals surface area contributed by atoms with Gasteiger partial charge in [0.25, 0.3) is 0 Å². The summed E-state index contributed by atoms with van der Waals surface area (Å²) < 4.78 is 15.1. The third kappa shape index (κ3) is 4.59. The van der Waals surface area contributed by atoms with Crippen molar-refractivity contribution in [3.8, 4) is 28.7 Å². The maximum Gasteiger partial charge on any atom is 0.347 e. The number of carbonyl (C=O) groups excluding carboxylic acids is 2.